The van der Waals surface area contributed by atoms with Crippen molar-refractivity contribution in [2.45, 2.75) is 25.8 Å². The Labute approximate surface area is 209 Å². The summed E-state index contributed by atoms with van der Waals surface area (Å²) in [5.41, 5.74) is 1.84. The Balaban J connectivity index is 1.75. The average molecular weight is 499 g/mol. The number of hydrogen-bond donors (Lipinski definition) is 2. The standard InChI is InChI=1S/C26H30N2O8/c1-5-35-25(30)23-19(27-26(31)28-24(23)17-8-10-18(32-2)11-9-17)15-36-22(29)13-7-16-6-12-20(33-3)21(14-16)34-4/h6,8-12,14,24H,5,7,13,15H2,1-4H3,(H2,27,28,31). The Kier molecular flexibility index (Phi) is 9.15. The first-order valence-electron chi connectivity index (χ1n) is 11.4. The van der Waals surface area contributed by atoms with Crippen LogP contribution in [0.2, 0.25) is 0 Å². The number of esters is 2. The molecule has 0 saturated carbocycles. The van der Waals surface area contributed by atoms with E-state index in [4.69, 9.17) is 23.7 Å². The van der Waals surface area contributed by atoms with Gasteiger partial charge in [0, 0.05) is 6.42 Å². The average Bonchev–Trinajstić information content (AvgIpc) is 2.90. The molecule has 2 aromatic carbocycles. The topological polar surface area (TPSA) is 121 Å². The van der Waals surface area contributed by atoms with Crippen LogP contribution in [0.4, 0.5) is 4.79 Å². The van der Waals surface area contributed by atoms with Gasteiger partial charge in [0.25, 0.3) is 0 Å². The molecule has 0 saturated heterocycles. The Morgan fingerprint density at radius 3 is 2.28 bits per heavy atom. The Bertz CT molecular complexity index is 1130. The summed E-state index contributed by atoms with van der Waals surface area (Å²) >= 11 is 0. The molecule has 1 aliphatic heterocycles. The van der Waals surface area contributed by atoms with Crippen LogP contribution in [0.15, 0.2) is 53.7 Å². The summed E-state index contributed by atoms with van der Waals surface area (Å²) in [5.74, 6) is 0.672. The van der Waals surface area contributed by atoms with E-state index < -0.39 is 24.0 Å². The zero-order valence-corrected chi connectivity index (χ0v) is 20.7. The smallest absolute Gasteiger partial charge is 0.338 e. The summed E-state index contributed by atoms with van der Waals surface area (Å²) in [6.45, 7) is 1.53. The molecule has 2 N–H and O–H groups in total. The van der Waals surface area contributed by atoms with Crippen LogP contribution in [0.5, 0.6) is 17.2 Å². The van der Waals surface area contributed by atoms with Crippen LogP contribution in [0.1, 0.15) is 30.5 Å². The zero-order valence-electron chi connectivity index (χ0n) is 20.7. The molecule has 192 valence electrons. The van der Waals surface area contributed by atoms with E-state index in [9.17, 15) is 14.4 Å². The lowest BCUT2D eigenvalue weighted by atomic mass is 9.95. The number of methoxy groups -OCH3 is 3. The summed E-state index contributed by atoms with van der Waals surface area (Å²) in [4.78, 5) is 37.7. The van der Waals surface area contributed by atoms with E-state index in [1.165, 1.54) is 7.11 Å². The van der Waals surface area contributed by atoms with Gasteiger partial charge in [-0.2, -0.15) is 0 Å². The number of ether oxygens (including phenoxy) is 5. The van der Waals surface area contributed by atoms with E-state index in [0.717, 1.165) is 5.56 Å². The van der Waals surface area contributed by atoms with Crippen molar-refractivity contribution in [2.75, 3.05) is 34.5 Å². The summed E-state index contributed by atoms with van der Waals surface area (Å²) in [5, 5.41) is 5.31. The molecule has 1 atom stereocenters. The number of rotatable bonds is 11. The van der Waals surface area contributed by atoms with E-state index in [0.29, 0.717) is 29.2 Å². The molecule has 0 bridgehead atoms. The van der Waals surface area contributed by atoms with Crippen LogP contribution in [0.3, 0.4) is 0 Å². The second-order valence-electron chi connectivity index (χ2n) is 7.77. The third kappa shape index (κ3) is 6.47. The van der Waals surface area contributed by atoms with E-state index in [1.54, 1.807) is 57.5 Å². The van der Waals surface area contributed by atoms with Crippen LogP contribution in [-0.4, -0.2) is 52.5 Å². The lowest BCUT2D eigenvalue weighted by Gasteiger charge is -2.29. The minimum absolute atomic E-state index is 0.0889. The number of aryl methyl sites for hydroxylation is 1. The van der Waals surface area contributed by atoms with Gasteiger partial charge in [0.1, 0.15) is 12.4 Å². The fraction of sp³-hybridized carbons (Fsp3) is 0.346. The van der Waals surface area contributed by atoms with E-state index in [1.807, 2.05) is 6.07 Å². The largest absolute Gasteiger partial charge is 0.497 e. The molecule has 3 rings (SSSR count). The highest BCUT2D eigenvalue weighted by Gasteiger charge is 2.34. The number of nitrogens with one attached hydrogen (secondary N) is 2. The van der Waals surface area contributed by atoms with Crippen molar-refractivity contribution in [1.82, 2.24) is 10.6 Å². The maximum atomic E-state index is 12.8. The number of urea groups is 1. The highest BCUT2D eigenvalue weighted by atomic mass is 16.5. The number of benzene rings is 2. The molecule has 1 unspecified atom stereocenters. The number of amides is 2. The normalized spacial score (nSPS) is 14.9. The molecule has 10 nitrogen and oxygen atoms in total. The molecular formula is C26H30N2O8. The first-order valence-corrected chi connectivity index (χ1v) is 11.4. The summed E-state index contributed by atoms with van der Waals surface area (Å²) in [7, 11) is 4.63. The van der Waals surface area contributed by atoms with Crippen molar-refractivity contribution in [3.63, 3.8) is 0 Å². The van der Waals surface area contributed by atoms with Crippen LogP contribution >= 0.6 is 0 Å². The fourth-order valence-electron chi connectivity index (χ4n) is 3.74. The predicted molar refractivity (Wildman–Crippen MR) is 130 cm³/mol. The summed E-state index contributed by atoms with van der Waals surface area (Å²) < 4.78 is 26.3. The van der Waals surface area contributed by atoms with Crippen molar-refractivity contribution in [1.29, 1.82) is 0 Å². The van der Waals surface area contributed by atoms with Gasteiger partial charge in [-0.15, -0.1) is 0 Å². The highest BCUT2D eigenvalue weighted by molar-refractivity contribution is 5.95. The maximum absolute atomic E-state index is 12.8. The van der Waals surface area contributed by atoms with Gasteiger partial charge in [-0.05, 0) is 48.7 Å². The van der Waals surface area contributed by atoms with Gasteiger partial charge in [-0.25, -0.2) is 9.59 Å². The van der Waals surface area contributed by atoms with Crippen LogP contribution in [-0.2, 0) is 25.5 Å². The number of hydrogen-bond acceptors (Lipinski definition) is 8. The SMILES string of the molecule is CCOC(=O)C1=C(COC(=O)CCc2ccc(OC)c(OC)c2)NC(=O)NC1c1ccc(OC)cc1. The Hall–Kier alpha value is -4.21. The fourth-order valence-corrected chi connectivity index (χ4v) is 3.74. The minimum Gasteiger partial charge on any atom is -0.497 e. The molecule has 2 amide bonds. The quantitative estimate of drug-likeness (QED) is 0.454. The van der Waals surface area contributed by atoms with Gasteiger partial charge in [-0.3, -0.25) is 4.79 Å². The zero-order chi connectivity index (χ0) is 26.1. The first-order chi connectivity index (χ1) is 17.4. The Morgan fingerprint density at radius 1 is 0.917 bits per heavy atom. The third-order valence-electron chi connectivity index (χ3n) is 5.54. The van der Waals surface area contributed by atoms with Gasteiger partial charge in [0.05, 0.1) is 45.2 Å². The molecule has 0 spiro atoms. The number of carbonyl (C=O) groups excluding carboxylic acids is 3. The maximum Gasteiger partial charge on any atom is 0.338 e. The molecule has 0 radical (unpaired) electrons. The molecule has 0 aliphatic carbocycles. The third-order valence-corrected chi connectivity index (χ3v) is 5.54. The van der Waals surface area contributed by atoms with Gasteiger partial charge >= 0.3 is 18.0 Å². The lowest BCUT2D eigenvalue weighted by molar-refractivity contribution is -0.143. The molecule has 36 heavy (non-hydrogen) atoms. The Morgan fingerprint density at radius 2 is 1.64 bits per heavy atom. The predicted octanol–water partition coefficient (Wildman–Crippen LogP) is 3.06. The van der Waals surface area contributed by atoms with Gasteiger partial charge in [0.15, 0.2) is 11.5 Å². The van der Waals surface area contributed by atoms with Crippen molar-refractivity contribution in [3.8, 4) is 17.2 Å². The van der Waals surface area contributed by atoms with E-state index >= 15 is 0 Å². The molecular weight excluding hydrogens is 468 g/mol. The van der Waals surface area contributed by atoms with E-state index in [-0.39, 0.29) is 30.9 Å². The number of carbonyl (C=O) groups is 3. The van der Waals surface area contributed by atoms with Crippen LogP contribution in [0.25, 0.3) is 0 Å². The van der Waals surface area contributed by atoms with Crippen molar-refractivity contribution in [3.05, 3.63) is 64.9 Å². The second kappa shape index (κ2) is 12.5. The van der Waals surface area contributed by atoms with Crippen LogP contribution < -0.4 is 24.8 Å². The van der Waals surface area contributed by atoms with Gasteiger partial charge < -0.3 is 34.3 Å². The monoisotopic (exact) mass is 498 g/mol. The van der Waals surface area contributed by atoms with Crippen molar-refractivity contribution < 1.29 is 38.1 Å². The molecule has 1 aliphatic rings. The molecule has 1 heterocycles. The van der Waals surface area contributed by atoms with E-state index in [2.05, 4.69) is 10.6 Å². The lowest BCUT2D eigenvalue weighted by Crippen LogP contribution is -2.47. The summed E-state index contributed by atoms with van der Waals surface area (Å²) in [6, 6.07) is 11.0. The molecule has 0 aromatic heterocycles. The van der Waals surface area contributed by atoms with Crippen LogP contribution in [0, 0.1) is 0 Å². The molecule has 2 aromatic rings. The second-order valence-corrected chi connectivity index (χ2v) is 7.77. The first kappa shape index (κ1) is 26.4. The molecule has 10 heteroatoms. The van der Waals surface area contributed by atoms with Gasteiger partial charge in [0.2, 0.25) is 0 Å². The minimum atomic E-state index is -0.788. The van der Waals surface area contributed by atoms with Crippen molar-refractivity contribution in [2.24, 2.45) is 0 Å². The molecule has 0 fully saturated rings. The highest BCUT2D eigenvalue weighted by Crippen LogP contribution is 2.30. The van der Waals surface area contributed by atoms with Crippen molar-refractivity contribution >= 4 is 18.0 Å². The summed E-state index contributed by atoms with van der Waals surface area (Å²) in [6.07, 6.45) is 0.497. The van der Waals surface area contributed by atoms with Gasteiger partial charge in [-0.1, -0.05) is 18.2 Å².